The summed E-state index contributed by atoms with van der Waals surface area (Å²) < 4.78 is 31.6. The molecule has 94 valence electrons. The van der Waals surface area contributed by atoms with Crippen LogP contribution in [0.25, 0.3) is 0 Å². The summed E-state index contributed by atoms with van der Waals surface area (Å²) in [5.74, 6) is -1.05. The fraction of sp³-hybridized carbons (Fsp3) is 0.538. The van der Waals surface area contributed by atoms with Gasteiger partial charge in [-0.2, -0.15) is 0 Å². The summed E-state index contributed by atoms with van der Waals surface area (Å²) in [5.41, 5.74) is 0.372. The van der Waals surface area contributed by atoms with Gasteiger partial charge in [-0.1, -0.05) is 6.07 Å². The van der Waals surface area contributed by atoms with Crippen molar-refractivity contribution < 1.29 is 13.5 Å². The van der Waals surface area contributed by atoms with Gasteiger partial charge in [0, 0.05) is 30.3 Å². The van der Waals surface area contributed by atoms with Crippen molar-refractivity contribution in [1.82, 2.24) is 5.32 Å². The van der Waals surface area contributed by atoms with Crippen molar-refractivity contribution in [2.75, 3.05) is 13.2 Å². The van der Waals surface area contributed by atoms with Gasteiger partial charge in [0.25, 0.3) is 0 Å². The molecule has 1 aromatic rings. The molecule has 2 nitrogen and oxygen atoms in total. The fourth-order valence-electron chi connectivity index (χ4n) is 2.05. The van der Waals surface area contributed by atoms with Crippen LogP contribution in [0.5, 0.6) is 0 Å². The monoisotopic (exact) mass is 241 g/mol. The van der Waals surface area contributed by atoms with E-state index in [2.05, 4.69) is 12.2 Å². The first-order chi connectivity index (χ1) is 8.09. The van der Waals surface area contributed by atoms with E-state index in [1.807, 2.05) is 0 Å². The first kappa shape index (κ1) is 12.5. The van der Waals surface area contributed by atoms with E-state index in [1.54, 1.807) is 0 Å². The van der Waals surface area contributed by atoms with Gasteiger partial charge >= 0.3 is 0 Å². The average molecular weight is 241 g/mol. The zero-order valence-electron chi connectivity index (χ0n) is 9.93. The molecule has 4 heteroatoms. The lowest BCUT2D eigenvalue weighted by Gasteiger charge is -2.34. The molecule has 1 aliphatic heterocycles. The van der Waals surface area contributed by atoms with Crippen molar-refractivity contribution in [3.63, 3.8) is 0 Å². The minimum absolute atomic E-state index is 0.112. The molecule has 1 unspecified atom stereocenters. The SMILES string of the molecule is CC1(NCc2ccc(F)cc2F)CCCOC1. The Balaban J connectivity index is 1.97. The molecule has 0 radical (unpaired) electrons. The molecule has 2 rings (SSSR count). The van der Waals surface area contributed by atoms with E-state index >= 15 is 0 Å². The Morgan fingerprint density at radius 2 is 2.24 bits per heavy atom. The summed E-state index contributed by atoms with van der Waals surface area (Å²) in [6.45, 7) is 3.89. The molecule has 1 saturated heterocycles. The van der Waals surface area contributed by atoms with E-state index in [-0.39, 0.29) is 5.54 Å². The van der Waals surface area contributed by atoms with Crippen molar-refractivity contribution >= 4 is 0 Å². The third-order valence-electron chi connectivity index (χ3n) is 3.16. The van der Waals surface area contributed by atoms with Crippen molar-refractivity contribution in [2.45, 2.75) is 31.8 Å². The predicted octanol–water partition coefficient (Wildman–Crippen LogP) is 2.62. The Bertz CT molecular complexity index is 389. The average Bonchev–Trinajstić information content (AvgIpc) is 2.29. The summed E-state index contributed by atoms with van der Waals surface area (Å²) in [7, 11) is 0. The molecule has 1 aliphatic rings. The van der Waals surface area contributed by atoms with Crippen LogP contribution in [0.15, 0.2) is 18.2 Å². The topological polar surface area (TPSA) is 21.3 Å². The Morgan fingerprint density at radius 3 is 2.88 bits per heavy atom. The molecule has 0 aromatic heterocycles. The molecule has 0 bridgehead atoms. The van der Waals surface area contributed by atoms with Crippen LogP contribution in [0.1, 0.15) is 25.3 Å². The number of benzene rings is 1. The Hall–Kier alpha value is -1.00. The molecule has 1 atom stereocenters. The summed E-state index contributed by atoms with van der Waals surface area (Å²) in [6, 6.07) is 3.67. The number of halogens is 2. The minimum Gasteiger partial charge on any atom is -0.380 e. The van der Waals surface area contributed by atoms with E-state index in [4.69, 9.17) is 4.74 Å². The Labute approximate surface area is 100.0 Å². The maximum Gasteiger partial charge on any atom is 0.130 e. The van der Waals surface area contributed by atoms with Gasteiger partial charge in [0.15, 0.2) is 0 Å². The molecular weight excluding hydrogens is 224 g/mol. The Kier molecular flexibility index (Phi) is 3.74. The standard InChI is InChI=1S/C13H17F2NO/c1-13(5-2-6-17-9-13)16-8-10-3-4-11(14)7-12(10)15/h3-4,7,16H,2,5-6,8-9H2,1H3. The molecule has 0 spiro atoms. The van der Waals surface area contributed by atoms with Gasteiger partial charge in [-0.3, -0.25) is 0 Å². The van der Waals surface area contributed by atoms with Crippen LogP contribution in [0.2, 0.25) is 0 Å². The van der Waals surface area contributed by atoms with Gasteiger partial charge < -0.3 is 10.1 Å². The summed E-state index contributed by atoms with van der Waals surface area (Å²) in [4.78, 5) is 0. The lowest BCUT2D eigenvalue weighted by atomic mass is 9.94. The van der Waals surface area contributed by atoms with Crippen LogP contribution in [0, 0.1) is 11.6 Å². The minimum atomic E-state index is -0.543. The number of nitrogens with one attached hydrogen (secondary N) is 1. The van der Waals surface area contributed by atoms with Crippen molar-refractivity contribution in [2.24, 2.45) is 0 Å². The highest BCUT2D eigenvalue weighted by Gasteiger charge is 2.26. The highest BCUT2D eigenvalue weighted by molar-refractivity contribution is 5.18. The summed E-state index contributed by atoms with van der Waals surface area (Å²) in [6.07, 6.45) is 2.02. The third kappa shape index (κ3) is 3.23. The molecule has 17 heavy (non-hydrogen) atoms. The van der Waals surface area contributed by atoms with E-state index < -0.39 is 11.6 Å². The zero-order chi connectivity index (χ0) is 12.3. The van der Waals surface area contributed by atoms with Crippen LogP contribution in [0.3, 0.4) is 0 Å². The van der Waals surface area contributed by atoms with Crippen LogP contribution >= 0.6 is 0 Å². The van der Waals surface area contributed by atoms with Crippen molar-refractivity contribution in [1.29, 1.82) is 0 Å². The second-order valence-corrected chi connectivity index (χ2v) is 4.81. The number of hydrogen-bond acceptors (Lipinski definition) is 2. The molecule has 0 saturated carbocycles. The van der Waals surface area contributed by atoms with Crippen molar-refractivity contribution in [3.05, 3.63) is 35.4 Å². The van der Waals surface area contributed by atoms with Crippen LogP contribution < -0.4 is 5.32 Å². The molecule has 0 aliphatic carbocycles. The number of hydrogen-bond donors (Lipinski definition) is 1. The van der Waals surface area contributed by atoms with Gasteiger partial charge in [-0.25, -0.2) is 8.78 Å². The maximum absolute atomic E-state index is 13.4. The van der Waals surface area contributed by atoms with Gasteiger partial charge in [-0.05, 0) is 25.8 Å². The second kappa shape index (κ2) is 5.10. The van der Waals surface area contributed by atoms with Gasteiger partial charge in [0.05, 0.1) is 6.61 Å². The smallest absolute Gasteiger partial charge is 0.130 e. The normalized spacial score (nSPS) is 24.9. The Morgan fingerprint density at radius 1 is 1.41 bits per heavy atom. The van der Waals surface area contributed by atoms with Crippen LogP contribution in [0.4, 0.5) is 8.78 Å². The van der Waals surface area contributed by atoms with E-state index in [9.17, 15) is 8.78 Å². The van der Waals surface area contributed by atoms with E-state index in [1.165, 1.54) is 12.1 Å². The van der Waals surface area contributed by atoms with Gasteiger partial charge in [0.1, 0.15) is 11.6 Å². The molecule has 1 aromatic carbocycles. The lowest BCUT2D eigenvalue weighted by molar-refractivity contribution is 0.0276. The summed E-state index contributed by atoms with van der Waals surface area (Å²) >= 11 is 0. The molecule has 1 heterocycles. The zero-order valence-corrected chi connectivity index (χ0v) is 9.93. The van der Waals surface area contributed by atoms with Crippen LogP contribution in [-0.4, -0.2) is 18.8 Å². The number of ether oxygens (including phenoxy) is 1. The largest absolute Gasteiger partial charge is 0.380 e. The first-order valence-electron chi connectivity index (χ1n) is 5.86. The highest BCUT2D eigenvalue weighted by atomic mass is 19.1. The molecule has 1 N–H and O–H groups in total. The third-order valence-corrected chi connectivity index (χ3v) is 3.16. The molecule has 1 fully saturated rings. The summed E-state index contributed by atoms with van der Waals surface area (Å²) in [5, 5.41) is 3.29. The lowest BCUT2D eigenvalue weighted by Crippen LogP contribution is -2.48. The first-order valence-corrected chi connectivity index (χ1v) is 5.86. The second-order valence-electron chi connectivity index (χ2n) is 4.81. The number of rotatable bonds is 3. The van der Waals surface area contributed by atoms with Crippen molar-refractivity contribution in [3.8, 4) is 0 Å². The van der Waals surface area contributed by atoms with E-state index in [0.29, 0.717) is 18.7 Å². The maximum atomic E-state index is 13.4. The fourth-order valence-corrected chi connectivity index (χ4v) is 2.05. The van der Waals surface area contributed by atoms with E-state index in [0.717, 1.165) is 25.5 Å². The van der Waals surface area contributed by atoms with Crippen LogP contribution in [-0.2, 0) is 11.3 Å². The quantitative estimate of drug-likeness (QED) is 0.878. The predicted molar refractivity (Wildman–Crippen MR) is 61.7 cm³/mol. The molecular formula is C13H17F2NO. The molecule has 0 amide bonds. The van der Waals surface area contributed by atoms with Gasteiger partial charge in [-0.15, -0.1) is 0 Å². The van der Waals surface area contributed by atoms with Gasteiger partial charge in [0.2, 0.25) is 0 Å². The highest BCUT2D eigenvalue weighted by Crippen LogP contribution is 2.19.